The molecule has 0 aromatic heterocycles. The molecule has 0 radical (unpaired) electrons. The van der Waals surface area contributed by atoms with E-state index in [-0.39, 0.29) is 22.2 Å². The molecule has 2 aromatic carbocycles. The van der Waals surface area contributed by atoms with Crippen molar-refractivity contribution < 1.29 is 18.1 Å². The summed E-state index contributed by atoms with van der Waals surface area (Å²) in [6, 6.07) is 10.8. The number of hydrogen-bond donors (Lipinski definition) is 3. The zero-order valence-corrected chi connectivity index (χ0v) is 14.1. The molecule has 24 heavy (non-hydrogen) atoms. The predicted octanol–water partition coefficient (Wildman–Crippen LogP) is 2.73. The van der Waals surface area contributed by atoms with Crippen molar-refractivity contribution in [1.82, 2.24) is 5.32 Å². The third-order valence-corrected chi connectivity index (χ3v) is 4.44. The summed E-state index contributed by atoms with van der Waals surface area (Å²) in [5, 5.41) is 21.6. The van der Waals surface area contributed by atoms with Crippen LogP contribution in [0.25, 0.3) is 11.1 Å². The predicted molar refractivity (Wildman–Crippen MR) is 92.7 cm³/mol. The monoisotopic (exact) mass is 363 g/mol. The Balaban J connectivity index is 2.74. The number of hydrogen-bond acceptors (Lipinski definition) is 6. The molecule has 2 rings (SSSR count). The molecule has 0 saturated carbocycles. The number of rotatable bonds is 3. The molecular weight excluding hydrogens is 350 g/mol. The number of aliphatic imine (C=N–C) groups is 1. The molecule has 0 amide bonds. The molecule has 0 spiro atoms. The topological polar surface area (TPSA) is 123 Å². The van der Waals surface area contributed by atoms with Crippen LogP contribution in [-0.2, 0) is 10.1 Å². The van der Waals surface area contributed by atoms with E-state index in [0.29, 0.717) is 5.56 Å². The Morgan fingerprint density at radius 2 is 1.96 bits per heavy atom. The van der Waals surface area contributed by atoms with Gasteiger partial charge in [0.25, 0.3) is 10.1 Å². The highest BCUT2D eigenvalue weighted by molar-refractivity contribution is 8.13. The van der Waals surface area contributed by atoms with Crippen molar-refractivity contribution in [2.75, 3.05) is 6.26 Å². The van der Waals surface area contributed by atoms with E-state index in [1.54, 1.807) is 42.8 Å². The van der Waals surface area contributed by atoms with Gasteiger partial charge >= 0.3 is 0 Å². The van der Waals surface area contributed by atoms with Gasteiger partial charge in [0.15, 0.2) is 11.4 Å². The Morgan fingerprint density at radius 1 is 1.29 bits per heavy atom. The highest BCUT2D eigenvalue weighted by Gasteiger charge is 2.18. The van der Waals surface area contributed by atoms with Gasteiger partial charge in [0.05, 0.1) is 4.90 Å². The maximum atomic E-state index is 11.5. The summed E-state index contributed by atoms with van der Waals surface area (Å²) in [7, 11) is -4.50. The normalized spacial score (nSPS) is 11.8. The highest BCUT2D eigenvalue weighted by atomic mass is 32.2. The van der Waals surface area contributed by atoms with Crippen LogP contribution < -0.4 is 5.32 Å². The average Bonchev–Trinajstić information content (AvgIpc) is 2.55. The van der Waals surface area contributed by atoms with E-state index in [1.165, 1.54) is 0 Å². The summed E-state index contributed by atoms with van der Waals surface area (Å²) in [5.41, 5.74) is 0.661. The second-order valence-electron chi connectivity index (χ2n) is 4.54. The number of phenolic OH excluding ortho intramolecular Hbond substituents is 1. The molecule has 0 atom stereocenters. The van der Waals surface area contributed by atoms with Gasteiger partial charge in [0.2, 0.25) is 0 Å². The molecule has 0 fully saturated rings. The number of nitriles is 1. The summed E-state index contributed by atoms with van der Waals surface area (Å²) in [4.78, 5) is 3.64. The lowest BCUT2D eigenvalue weighted by molar-refractivity contribution is 0.476. The standard InChI is InChI=1S/C15H13N3O4S2/c1-23-15(17-9-16)18-13-8-11(24(20,21)22)7-12(14(13)19)10-5-3-2-4-6-10/h2-8,19H,1H3,(H,17,18)(H,20,21,22). The summed E-state index contributed by atoms with van der Waals surface area (Å²) in [5.74, 6) is -0.264. The maximum absolute atomic E-state index is 11.5. The minimum atomic E-state index is -4.50. The van der Waals surface area contributed by atoms with Gasteiger partial charge in [-0.05, 0) is 24.0 Å². The lowest BCUT2D eigenvalue weighted by Crippen LogP contribution is -2.12. The van der Waals surface area contributed by atoms with Crippen molar-refractivity contribution in [3.8, 4) is 23.1 Å². The zero-order valence-electron chi connectivity index (χ0n) is 12.5. The van der Waals surface area contributed by atoms with E-state index in [1.807, 2.05) is 0 Å². The van der Waals surface area contributed by atoms with Crippen molar-refractivity contribution in [1.29, 1.82) is 5.26 Å². The Bertz CT molecular complexity index is 920. The van der Waals surface area contributed by atoms with Crippen LogP contribution >= 0.6 is 11.8 Å². The fourth-order valence-corrected chi connectivity index (χ4v) is 2.81. The molecule has 0 heterocycles. The molecule has 124 valence electrons. The molecule has 0 saturated heterocycles. The van der Waals surface area contributed by atoms with Crippen molar-refractivity contribution >= 4 is 32.7 Å². The smallest absolute Gasteiger partial charge is 0.294 e. The van der Waals surface area contributed by atoms with Crippen molar-refractivity contribution in [2.24, 2.45) is 4.99 Å². The van der Waals surface area contributed by atoms with Crippen molar-refractivity contribution in [3.05, 3.63) is 42.5 Å². The third kappa shape index (κ3) is 4.05. The molecule has 0 aliphatic heterocycles. The molecule has 0 bridgehead atoms. The fraction of sp³-hybridized carbons (Fsp3) is 0.0667. The third-order valence-electron chi connectivity index (χ3n) is 3.02. The van der Waals surface area contributed by atoms with Crippen LogP contribution in [0, 0.1) is 11.5 Å². The van der Waals surface area contributed by atoms with Crippen LogP contribution in [0.2, 0.25) is 0 Å². The maximum Gasteiger partial charge on any atom is 0.294 e. The first-order valence-corrected chi connectivity index (χ1v) is 9.21. The summed E-state index contributed by atoms with van der Waals surface area (Å²) >= 11 is 1.11. The molecule has 2 aromatic rings. The van der Waals surface area contributed by atoms with E-state index in [0.717, 1.165) is 23.9 Å². The van der Waals surface area contributed by atoms with Crippen LogP contribution in [0.3, 0.4) is 0 Å². The van der Waals surface area contributed by atoms with E-state index in [2.05, 4.69) is 10.3 Å². The Labute approximate surface area is 143 Å². The molecule has 0 aliphatic carbocycles. The number of nitrogens with zero attached hydrogens (tertiary/aromatic N) is 2. The first-order valence-electron chi connectivity index (χ1n) is 6.54. The van der Waals surface area contributed by atoms with Crippen LogP contribution in [0.4, 0.5) is 5.69 Å². The first kappa shape index (κ1) is 17.8. The second kappa shape index (κ2) is 7.35. The van der Waals surface area contributed by atoms with Crippen molar-refractivity contribution in [3.63, 3.8) is 0 Å². The summed E-state index contributed by atoms with van der Waals surface area (Å²) in [6.45, 7) is 0. The lowest BCUT2D eigenvalue weighted by atomic mass is 10.0. The van der Waals surface area contributed by atoms with Gasteiger partial charge in [-0.15, -0.1) is 0 Å². The molecule has 7 nitrogen and oxygen atoms in total. The van der Waals surface area contributed by atoms with Crippen LogP contribution in [0.5, 0.6) is 5.75 Å². The van der Waals surface area contributed by atoms with Crippen LogP contribution in [0.15, 0.2) is 52.4 Å². The molecule has 9 heteroatoms. The molecule has 0 aliphatic rings. The number of benzene rings is 2. The number of thioether (sulfide) groups is 1. The number of phenols is 1. The fourth-order valence-electron chi connectivity index (χ4n) is 1.95. The van der Waals surface area contributed by atoms with Gasteiger partial charge in [-0.2, -0.15) is 13.7 Å². The second-order valence-corrected chi connectivity index (χ2v) is 6.75. The minimum absolute atomic E-state index is 0.0870. The Kier molecular flexibility index (Phi) is 5.46. The summed E-state index contributed by atoms with van der Waals surface area (Å²) in [6.07, 6.45) is 3.36. The largest absolute Gasteiger partial charge is 0.505 e. The SMILES string of the molecule is CSC(=Nc1cc(S(=O)(=O)O)cc(-c2ccccc2)c1O)NC#N. The molecule has 3 N–H and O–H groups in total. The van der Waals surface area contributed by atoms with Crippen LogP contribution in [-0.4, -0.2) is 29.5 Å². The van der Waals surface area contributed by atoms with Gasteiger partial charge in [-0.3, -0.25) is 9.87 Å². The number of amidine groups is 1. The lowest BCUT2D eigenvalue weighted by Gasteiger charge is -2.10. The van der Waals surface area contributed by atoms with E-state index in [9.17, 15) is 18.1 Å². The quantitative estimate of drug-likeness (QED) is 0.252. The van der Waals surface area contributed by atoms with Gasteiger partial charge in [0, 0.05) is 5.56 Å². The average molecular weight is 363 g/mol. The van der Waals surface area contributed by atoms with E-state index in [4.69, 9.17) is 5.26 Å². The van der Waals surface area contributed by atoms with Crippen LogP contribution in [0.1, 0.15) is 0 Å². The number of nitrogens with one attached hydrogen (secondary N) is 1. The van der Waals surface area contributed by atoms with Crippen molar-refractivity contribution in [2.45, 2.75) is 4.90 Å². The Hall–Kier alpha value is -2.54. The number of aromatic hydroxyl groups is 1. The highest BCUT2D eigenvalue weighted by Crippen LogP contribution is 2.40. The van der Waals surface area contributed by atoms with Gasteiger partial charge in [-0.1, -0.05) is 42.1 Å². The first-order chi connectivity index (χ1) is 11.4. The summed E-state index contributed by atoms with van der Waals surface area (Å²) < 4.78 is 32.4. The minimum Gasteiger partial charge on any atom is -0.505 e. The van der Waals surface area contributed by atoms with E-state index < -0.39 is 15.0 Å². The van der Waals surface area contributed by atoms with Gasteiger partial charge < -0.3 is 5.11 Å². The Morgan fingerprint density at radius 3 is 2.50 bits per heavy atom. The van der Waals surface area contributed by atoms with E-state index >= 15 is 0 Å². The molecule has 0 unspecified atom stereocenters. The molecular formula is C15H13N3O4S2. The van der Waals surface area contributed by atoms with Gasteiger partial charge in [0.1, 0.15) is 11.4 Å². The van der Waals surface area contributed by atoms with Gasteiger partial charge in [-0.25, -0.2) is 4.99 Å². The zero-order chi connectivity index (χ0) is 17.7.